The second-order valence-corrected chi connectivity index (χ2v) is 6.86. The van der Waals surface area contributed by atoms with Gasteiger partial charge in [-0.3, -0.25) is 4.99 Å². The molecule has 112 valence electrons. The third-order valence-electron chi connectivity index (χ3n) is 4.06. The van der Waals surface area contributed by atoms with Gasteiger partial charge in [0.05, 0.1) is 0 Å². The number of rotatable bonds is 5. The van der Waals surface area contributed by atoms with Gasteiger partial charge in [0.1, 0.15) is 0 Å². The molecule has 2 N–H and O–H groups in total. The van der Waals surface area contributed by atoms with Gasteiger partial charge in [0.2, 0.25) is 0 Å². The first-order valence-electron chi connectivity index (χ1n) is 7.44. The molecule has 0 aromatic carbocycles. The SMILES string of the molecule is CN=C(NCCC1CCCC1)NCC1CCCS1.I. The number of guanidine groups is 1. The van der Waals surface area contributed by atoms with E-state index < -0.39 is 0 Å². The monoisotopic (exact) mass is 397 g/mol. The summed E-state index contributed by atoms with van der Waals surface area (Å²) < 4.78 is 0. The Hall–Kier alpha value is 0.350. The van der Waals surface area contributed by atoms with Gasteiger partial charge in [-0.2, -0.15) is 11.8 Å². The first-order valence-corrected chi connectivity index (χ1v) is 8.49. The average molecular weight is 397 g/mol. The highest BCUT2D eigenvalue weighted by atomic mass is 127. The molecule has 2 rings (SSSR count). The van der Waals surface area contributed by atoms with Gasteiger partial charge in [-0.1, -0.05) is 25.7 Å². The van der Waals surface area contributed by atoms with Crippen molar-refractivity contribution in [2.24, 2.45) is 10.9 Å². The molecule has 0 spiro atoms. The number of hydrogen-bond donors (Lipinski definition) is 2. The van der Waals surface area contributed by atoms with E-state index in [1.807, 2.05) is 7.05 Å². The van der Waals surface area contributed by atoms with Crippen molar-refractivity contribution in [2.45, 2.75) is 50.2 Å². The van der Waals surface area contributed by atoms with Crippen molar-refractivity contribution in [1.82, 2.24) is 10.6 Å². The molecule has 1 heterocycles. The molecule has 1 unspecified atom stereocenters. The maximum absolute atomic E-state index is 4.30. The van der Waals surface area contributed by atoms with Crippen LogP contribution in [0.4, 0.5) is 0 Å². The van der Waals surface area contributed by atoms with Crippen molar-refractivity contribution in [3.8, 4) is 0 Å². The van der Waals surface area contributed by atoms with Crippen molar-refractivity contribution < 1.29 is 0 Å². The summed E-state index contributed by atoms with van der Waals surface area (Å²) in [5.41, 5.74) is 0. The molecule has 2 fully saturated rings. The molecule has 3 nitrogen and oxygen atoms in total. The van der Waals surface area contributed by atoms with Crippen LogP contribution in [0.3, 0.4) is 0 Å². The molecule has 1 aliphatic carbocycles. The van der Waals surface area contributed by atoms with Crippen molar-refractivity contribution in [2.75, 3.05) is 25.9 Å². The van der Waals surface area contributed by atoms with E-state index in [-0.39, 0.29) is 24.0 Å². The van der Waals surface area contributed by atoms with Crippen LogP contribution in [-0.4, -0.2) is 37.1 Å². The van der Waals surface area contributed by atoms with Gasteiger partial charge in [0.15, 0.2) is 5.96 Å². The fraction of sp³-hybridized carbons (Fsp3) is 0.929. The van der Waals surface area contributed by atoms with Crippen LogP contribution in [0.1, 0.15) is 44.9 Å². The van der Waals surface area contributed by atoms with Gasteiger partial charge < -0.3 is 10.6 Å². The van der Waals surface area contributed by atoms with Crippen LogP contribution in [0.5, 0.6) is 0 Å². The highest BCUT2D eigenvalue weighted by Crippen LogP contribution is 2.27. The summed E-state index contributed by atoms with van der Waals surface area (Å²) in [6.07, 6.45) is 9.80. The van der Waals surface area contributed by atoms with Crippen molar-refractivity contribution in [3.63, 3.8) is 0 Å². The Labute approximate surface area is 139 Å². The predicted octanol–water partition coefficient (Wildman–Crippen LogP) is 3.25. The lowest BCUT2D eigenvalue weighted by molar-refractivity contribution is 0.498. The van der Waals surface area contributed by atoms with Crippen LogP contribution in [0, 0.1) is 5.92 Å². The van der Waals surface area contributed by atoms with Crippen LogP contribution in [0.2, 0.25) is 0 Å². The number of aliphatic imine (C=N–C) groups is 1. The number of halogens is 1. The van der Waals surface area contributed by atoms with Gasteiger partial charge in [0, 0.05) is 25.4 Å². The topological polar surface area (TPSA) is 36.4 Å². The minimum absolute atomic E-state index is 0. The summed E-state index contributed by atoms with van der Waals surface area (Å²) in [5, 5.41) is 7.69. The van der Waals surface area contributed by atoms with Crippen LogP contribution < -0.4 is 10.6 Å². The number of nitrogens with one attached hydrogen (secondary N) is 2. The summed E-state index contributed by atoms with van der Waals surface area (Å²) >= 11 is 2.09. The summed E-state index contributed by atoms with van der Waals surface area (Å²) in [7, 11) is 1.87. The molecule has 1 saturated carbocycles. The summed E-state index contributed by atoms with van der Waals surface area (Å²) in [5.74, 6) is 3.28. The zero-order chi connectivity index (χ0) is 12.6. The van der Waals surface area contributed by atoms with E-state index >= 15 is 0 Å². The van der Waals surface area contributed by atoms with E-state index in [1.165, 1.54) is 50.7 Å². The standard InChI is InChI=1S/C14H27N3S.HI/c1-15-14(17-11-13-7-4-10-18-13)16-9-8-12-5-2-3-6-12;/h12-13H,2-11H2,1H3,(H2,15,16,17);1H. The Balaban J connectivity index is 0.00000180. The van der Waals surface area contributed by atoms with Gasteiger partial charge in [0.25, 0.3) is 0 Å². The van der Waals surface area contributed by atoms with Gasteiger partial charge in [-0.25, -0.2) is 0 Å². The molecular formula is C14H28IN3S. The third kappa shape index (κ3) is 6.56. The smallest absolute Gasteiger partial charge is 0.191 e. The third-order valence-corrected chi connectivity index (χ3v) is 5.46. The second-order valence-electron chi connectivity index (χ2n) is 5.45. The van der Waals surface area contributed by atoms with Crippen molar-refractivity contribution >= 4 is 41.7 Å². The first-order chi connectivity index (χ1) is 8.88. The van der Waals surface area contributed by atoms with Gasteiger partial charge >= 0.3 is 0 Å². The lowest BCUT2D eigenvalue weighted by Gasteiger charge is -2.16. The first kappa shape index (κ1) is 17.4. The van der Waals surface area contributed by atoms with E-state index in [0.29, 0.717) is 0 Å². The highest BCUT2D eigenvalue weighted by molar-refractivity contribution is 14.0. The summed E-state index contributed by atoms with van der Waals surface area (Å²) in [4.78, 5) is 4.30. The molecule has 0 bridgehead atoms. The lowest BCUT2D eigenvalue weighted by atomic mass is 10.0. The molecule has 5 heteroatoms. The molecule has 0 amide bonds. The summed E-state index contributed by atoms with van der Waals surface area (Å²) in [6.45, 7) is 2.13. The Morgan fingerprint density at radius 3 is 2.58 bits per heavy atom. The molecule has 19 heavy (non-hydrogen) atoms. The van der Waals surface area contributed by atoms with Crippen LogP contribution >= 0.6 is 35.7 Å². The van der Waals surface area contributed by atoms with Gasteiger partial charge in [-0.05, 0) is 30.9 Å². The molecule has 0 aromatic heterocycles. The Kier molecular flexibility index (Phi) is 9.28. The lowest BCUT2D eigenvalue weighted by Crippen LogP contribution is -2.40. The van der Waals surface area contributed by atoms with Crippen molar-refractivity contribution in [3.05, 3.63) is 0 Å². The van der Waals surface area contributed by atoms with Crippen molar-refractivity contribution in [1.29, 1.82) is 0 Å². The van der Waals surface area contributed by atoms with E-state index in [4.69, 9.17) is 0 Å². The molecule has 2 aliphatic rings. The van der Waals surface area contributed by atoms with Crippen LogP contribution in [0.25, 0.3) is 0 Å². The summed E-state index contributed by atoms with van der Waals surface area (Å²) in [6, 6.07) is 0. The fourth-order valence-electron chi connectivity index (χ4n) is 2.93. The second kappa shape index (κ2) is 10.1. The Bertz CT molecular complexity index is 261. The molecule has 1 aliphatic heterocycles. The maximum Gasteiger partial charge on any atom is 0.191 e. The Morgan fingerprint density at radius 1 is 1.16 bits per heavy atom. The minimum atomic E-state index is 0. The molecule has 1 atom stereocenters. The fourth-order valence-corrected chi connectivity index (χ4v) is 4.13. The quantitative estimate of drug-likeness (QED) is 0.425. The number of hydrogen-bond acceptors (Lipinski definition) is 2. The molecular weight excluding hydrogens is 369 g/mol. The predicted molar refractivity (Wildman–Crippen MR) is 96.8 cm³/mol. The molecule has 0 aromatic rings. The molecule has 0 radical (unpaired) electrons. The normalized spacial score (nSPS) is 24.3. The number of nitrogens with zero attached hydrogens (tertiary/aromatic N) is 1. The molecule has 1 saturated heterocycles. The van der Waals surface area contributed by atoms with E-state index in [1.54, 1.807) is 0 Å². The Morgan fingerprint density at radius 2 is 1.95 bits per heavy atom. The number of thioether (sulfide) groups is 1. The zero-order valence-corrected chi connectivity index (χ0v) is 15.1. The minimum Gasteiger partial charge on any atom is -0.356 e. The van der Waals surface area contributed by atoms with Crippen LogP contribution in [0.15, 0.2) is 4.99 Å². The largest absolute Gasteiger partial charge is 0.356 e. The highest BCUT2D eigenvalue weighted by Gasteiger charge is 2.16. The van der Waals surface area contributed by atoms with E-state index in [2.05, 4.69) is 27.4 Å². The zero-order valence-electron chi connectivity index (χ0n) is 12.0. The van der Waals surface area contributed by atoms with Crippen LogP contribution in [-0.2, 0) is 0 Å². The van der Waals surface area contributed by atoms with E-state index in [9.17, 15) is 0 Å². The maximum atomic E-state index is 4.30. The van der Waals surface area contributed by atoms with Gasteiger partial charge in [-0.15, -0.1) is 24.0 Å². The average Bonchev–Trinajstić information content (AvgIpc) is 3.06. The van der Waals surface area contributed by atoms with E-state index in [0.717, 1.165) is 30.2 Å².